The van der Waals surface area contributed by atoms with Gasteiger partial charge in [-0.2, -0.15) is 5.26 Å². The van der Waals surface area contributed by atoms with E-state index in [4.69, 9.17) is 21.0 Å². The van der Waals surface area contributed by atoms with Crippen LogP contribution in [0.25, 0.3) is 0 Å². The molecular formula is C4H7N3O2. The minimum Gasteiger partial charge on any atom is -0.346 e. The Morgan fingerprint density at radius 1 is 1.67 bits per heavy atom. The summed E-state index contributed by atoms with van der Waals surface area (Å²) in [4.78, 5) is 0. The first-order valence-corrected chi connectivity index (χ1v) is 2.33. The number of rotatable bonds is 3. The maximum atomic E-state index is 8.50. The molecule has 0 saturated carbocycles. The second-order valence-electron chi connectivity index (χ2n) is 1.54. The molecule has 0 saturated heterocycles. The van der Waals surface area contributed by atoms with Crippen molar-refractivity contribution in [3.63, 3.8) is 0 Å². The van der Waals surface area contributed by atoms with E-state index in [9.17, 15) is 0 Å². The van der Waals surface area contributed by atoms with Crippen molar-refractivity contribution in [2.75, 3.05) is 0 Å². The lowest BCUT2D eigenvalue weighted by atomic mass is 10.3. The zero-order valence-electron chi connectivity index (χ0n) is 4.70. The third kappa shape index (κ3) is 3.58. The molecule has 0 bridgehead atoms. The fourth-order valence-electron chi connectivity index (χ4n) is 0.280. The summed E-state index contributed by atoms with van der Waals surface area (Å²) in [6.07, 6.45) is -0.234. The van der Waals surface area contributed by atoms with Crippen molar-refractivity contribution < 1.29 is 10.2 Å². The first-order chi connectivity index (χ1) is 4.12. The third-order valence-corrected chi connectivity index (χ3v) is 0.751. The van der Waals surface area contributed by atoms with Gasteiger partial charge >= 0.3 is 0 Å². The van der Waals surface area contributed by atoms with E-state index in [0.29, 0.717) is 0 Å². The lowest BCUT2D eigenvalue weighted by Gasteiger charge is -2.10. The molecule has 0 radical (unpaired) electrons. The lowest BCUT2D eigenvalue weighted by molar-refractivity contribution is -0.163. The van der Waals surface area contributed by atoms with Crippen LogP contribution in [-0.2, 0) is 0 Å². The van der Waals surface area contributed by atoms with E-state index in [1.165, 1.54) is 0 Å². The van der Waals surface area contributed by atoms with Crippen molar-refractivity contribution in [3.05, 3.63) is 0 Å². The molecule has 0 aliphatic carbocycles. The molecule has 0 atom stereocenters. The minimum atomic E-state index is -2.34. The molecule has 0 aromatic rings. The van der Waals surface area contributed by atoms with E-state index in [1.807, 2.05) is 0 Å². The van der Waals surface area contributed by atoms with Gasteiger partial charge in [0, 0.05) is 12.8 Å². The fraction of sp³-hybridized carbons (Fsp3) is 0.750. The Kier molecular flexibility index (Phi) is 2.78. The summed E-state index contributed by atoms with van der Waals surface area (Å²) in [5.41, 5.74) is 6.20. The Morgan fingerprint density at radius 3 is 2.56 bits per heavy atom. The van der Waals surface area contributed by atoms with E-state index in [2.05, 4.69) is 5.11 Å². The van der Waals surface area contributed by atoms with Crippen LogP contribution in [0.4, 0.5) is 0 Å². The quantitative estimate of drug-likeness (QED) is 0.368. The van der Waals surface area contributed by atoms with Gasteiger partial charge in [-0.3, -0.25) is 0 Å². The van der Waals surface area contributed by atoms with Crippen LogP contribution in [0.1, 0.15) is 12.8 Å². The number of hydrogen-bond donors (Lipinski definition) is 3. The largest absolute Gasteiger partial charge is 0.346 e. The first kappa shape index (κ1) is 8.01. The zero-order valence-corrected chi connectivity index (χ0v) is 4.70. The summed E-state index contributed by atoms with van der Waals surface area (Å²) in [5.74, 6) is -2.34. The highest BCUT2D eigenvalue weighted by molar-refractivity contribution is 4.72. The summed E-state index contributed by atoms with van der Waals surface area (Å²) < 4.78 is 0. The van der Waals surface area contributed by atoms with Gasteiger partial charge in [0.1, 0.15) is 0 Å². The van der Waals surface area contributed by atoms with Crippen molar-refractivity contribution in [1.29, 1.82) is 10.8 Å². The number of aliphatic hydroxyl groups is 2. The first-order valence-electron chi connectivity index (χ1n) is 2.33. The van der Waals surface area contributed by atoms with Crippen LogP contribution < -0.4 is 0 Å². The SMILES string of the molecule is N#CCCC(O)(O)N=N. The van der Waals surface area contributed by atoms with Crippen LogP contribution in [0.3, 0.4) is 0 Å². The van der Waals surface area contributed by atoms with E-state index in [-0.39, 0.29) is 12.8 Å². The van der Waals surface area contributed by atoms with Gasteiger partial charge in [0.05, 0.1) is 6.07 Å². The fourth-order valence-corrected chi connectivity index (χ4v) is 0.280. The van der Waals surface area contributed by atoms with Crippen LogP contribution in [-0.4, -0.2) is 16.1 Å². The highest BCUT2D eigenvalue weighted by atomic mass is 16.5. The molecule has 9 heavy (non-hydrogen) atoms. The van der Waals surface area contributed by atoms with Crippen molar-refractivity contribution in [1.82, 2.24) is 0 Å². The van der Waals surface area contributed by atoms with Crippen LogP contribution >= 0.6 is 0 Å². The van der Waals surface area contributed by atoms with Gasteiger partial charge in [-0.1, -0.05) is 0 Å². The van der Waals surface area contributed by atoms with Crippen molar-refractivity contribution >= 4 is 0 Å². The Bertz CT molecular complexity index is 137. The molecule has 0 amide bonds. The maximum Gasteiger partial charge on any atom is 0.283 e. The molecule has 0 rings (SSSR count). The zero-order chi connectivity index (χ0) is 7.33. The summed E-state index contributed by atoms with van der Waals surface area (Å²) in [5, 5.41) is 27.4. The highest BCUT2D eigenvalue weighted by Crippen LogP contribution is 2.08. The highest BCUT2D eigenvalue weighted by Gasteiger charge is 2.19. The summed E-state index contributed by atoms with van der Waals surface area (Å²) in [6.45, 7) is 0. The average Bonchev–Trinajstić information content (AvgIpc) is 1.84. The van der Waals surface area contributed by atoms with Crippen LogP contribution in [0.2, 0.25) is 0 Å². The maximum absolute atomic E-state index is 8.50. The molecule has 3 N–H and O–H groups in total. The summed E-state index contributed by atoms with van der Waals surface area (Å²) >= 11 is 0. The molecule has 0 aliphatic rings. The van der Waals surface area contributed by atoms with Gasteiger partial charge < -0.3 is 10.2 Å². The van der Waals surface area contributed by atoms with Crippen molar-refractivity contribution in [2.45, 2.75) is 18.8 Å². The van der Waals surface area contributed by atoms with E-state index in [1.54, 1.807) is 6.07 Å². The van der Waals surface area contributed by atoms with Gasteiger partial charge in [0.25, 0.3) is 5.91 Å². The Morgan fingerprint density at radius 2 is 2.22 bits per heavy atom. The molecule has 5 heteroatoms. The second-order valence-corrected chi connectivity index (χ2v) is 1.54. The lowest BCUT2D eigenvalue weighted by Crippen LogP contribution is -2.23. The van der Waals surface area contributed by atoms with Crippen LogP contribution in [0, 0.1) is 16.9 Å². The average molecular weight is 129 g/mol. The standard InChI is InChI=1S/C4H7N3O2/c5-3-1-2-4(8,9)7-6/h6,8-9H,1-2H2. The van der Waals surface area contributed by atoms with Crippen molar-refractivity contribution in [2.24, 2.45) is 5.11 Å². The molecule has 0 heterocycles. The third-order valence-electron chi connectivity index (χ3n) is 0.751. The normalized spacial score (nSPS) is 10.3. The number of nitrogens with one attached hydrogen (secondary N) is 1. The molecule has 50 valence electrons. The summed E-state index contributed by atoms with van der Waals surface area (Å²) in [6, 6.07) is 1.69. The predicted molar refractivity (Wildman–Crippen MR) is 27.2 cm³/mol. The van der Waals surface area contributed by atoms with Gasteiger partial charge in [-0.15, -0.1) is 5.11 Å². The van der Waals surface area contributed by atoms with Gasteiger partial charge in [0.2, 0.25) is 0 Å². The summed E-state index contributed by atoms with van der Waals surface area (Å²) in [7, 11) is 0. The van der Waals surface area contributed by atoms with Gasteiger partial charge in [0.15, 0.2) is 0 Å². The topological polar surface area (TPSA) is 100 Å². The molecule has 0 aliphatic heterocycles. The molecule has 5 nitrogen and oxygen atoms in total. The predicted octanol–water partition coefficient (Wildman–Crippen LogP) is -0.0404. The second kappa shape index (κ2) is 3.12. The minimum absolute atomic E-state index is 0.0185. The van der Waals surface area contributed by atoms with Crippen LogP contribution in [0.15, 0.2) is 5.11 Å². The smallest absolute Gasteiger partial charge is 0.283 e. The molecule has 0 spiro atoms. The Balaban J connectivity index is 3.61. The molecule has 0 fully saturated rings. The van der Waals surface area contributed by atoms with Gasteiger partial charge in [-0.05, 0) is 0 Å². The molecule has 0 unspecified atom stereocenters. The molecular weight excluding hydrogens is 122 g/mol. The number of nitrogens with zero attached hydrogens (tertiary/aromatic N) is 2. The Labute approximate surface area is 52.1 Å². The van der Waals surface area contributed by atoms with Gasteiger partial charge in [-0.25, -0.2) is 5.53 Å². The van der Waals surface area contributed by atoms with Crippen molar-refractivity contribution in [3.8, 4) is 6.07 Å². The van der Waals surface area contributed by atoms with E-state index >= 15 is 0 Å². The van der Waals surface area contributed by atoms with E-state index in [0.717, 1.165) is 0 Å². The molecule has 0 aromatic carbocycles. The molecule has 0 aromatic heterocycles. The Hall–Kier alpha value is -0.990. The van der Waals surface area contributed by atoms with Crippen LogP contribution in [0.5, 0.6) is 0 Å². The number of hydrogen-bond acceptors (Lipinski definition) is 5. The van der Waals surface area contributed by atoms with E-state index < -0.39 is 5.91 Å². The monoisotopic (exact) mass is 129 g/mol. The number of nitriles is 1.